The number of nitrogens with two attached hydrogens (primary N) is 1. The number of carbonyl (C=O) groups excluding carboxylic acids is 1. The van der Waals surface area contributed by atoms with Gasteiger partial charge in [-0.15, -0.1) is 12.4 Å². The number of benzene rings is 1. The predicted molar refractivity (Wildman–Crippen MR) is 87.4 cm³/mol. The molecule has 0 aromatic heterocycles. The van der Waals surface area contributed by atoms with Gasteiger partial charge in [-0.3, -0.25) is 14.9 Å². The van der Waals surface area contributed by atoms with Crippen molar-refractivity contribution in [3.63, 3.8) is 0 Å². The average Bonchev–Trinajstić information content (AvgIpc) is 2.45. The molecule has 1 aliphatic heterocycles. The smallest absolute Gasteiger partial charge is 0.272 e. The van der Waals surface area contributed by atoms with Gasteiger partial charge in [0.1, 0.15) is 0 Å². The molecule has 22 heavy (non-hydrogen) atoms. The van der Waals surface area contributed by atoms with Crippen LogP contribution in [0.1, 0.15) is 35.7 Å². The molecular formula is C15H22ClN3O3. The zero-order valence-corrected chi connectivity index (χ0v) is 13.6. The highest BCUT2D eigenvalue weighted by atomic mass is 35.5. The van der Waals surface area contributed by atoms with Crippen LogP contribution in [0.3, 0.4) is 0 Å². The number of piperidine rings is 1. The zero-order chi connectivity index (χ0) is 15.6. The van der Waals surface area contributed by atoms with Crippen LogP contribution in [0.5, 0.6) is 0 Å². The fourth-order valence-electron chi connectivity index (χ4n) is 2.90. The fourth-order valence-corrected chi connectivity index (χ4v) is 2.90. The molecule has 0 saturated carbocycles. The summed E-state index contributed by atoms with van der Waals surface area (Å²) in [6, 6.07) is 4.56. The molecule has 1 aromatic rings. The lowest BCUT2D eigenvalue weighted by atomic mass is 9.91. The molecular weight excluding hydrogens is 306 g/mol. The Bertz CT molecular complexity index is 565. The Morgan fingerprint density at radius 2 is 2.18 bits per heavy atom. The molecule has 2 atom stereocenters. The number of hydrogen-bond acceptors (Lipinski definition) is 4. The summed E-state index contributed by atoms with van der Waals surface area (Å²) < 4.78 is 0. The van der Waals surface area contributed by atoms with E-state index >= 15 is 0 Å². The maximum Gasteiger partial charge on any atom is 0.272 e. The van der Waals surface area contributed by atoms with E-state index in [1.165, 1.54) is 12.1 Å². The second-order valence-corrected chi connectivity index (χ2v) is 5.78. The van der Waals surface area contributed by atoms with E-state index < -0.39 is 4.92 Å². The van der Waals surface area contributed by atoms with E-state index in [4.69, 9.17) is 5.73 Å². The maximum absolute atomic E-state index is 12.6. The van der Waals surface area contributed by atoms with Crippen LogP contribution >= 0.6 is 12.4 Å². The Morgan fingerprint density at radius 3 is 2.73 bits per heavy atom. The molecule has 2 rings (SSSR count). The minimum atomic E-state index is -0.436. The fraction of sp³-hybridized carbons (Fsp3) is 0.533. The Hall–Kier alpha value is -1.66. The van der Waals surface area contributed by atoms with Gasteiger partial charge < -0.3 is 10.6 Å². The molecule has 1 heterocycles. The number of nitro benzene ring substituents is 1. The number of hydrogen-bond donors (Lipinski definition) is 1. The van der Waals surface area contributed by atoms with Crippen molar-refractivity contribution >= 4 is 24.0 Å². The Balaban J connectivity index is 0.00000242. The van der Waals surface area contributed by atoms with Gasteiger partial charge in [0.25, 0.3) is 11.6 Å². The summed E-state index contributed by atoms with van der Waals surface area (Å²) in [6.45, 7) is 4.95. The molecule has 0 bridgehead atoms. The number of halogens is 1. The third kappa shape index (κ3) is 3.75. The quantitative estimate of drug-likeness (QED) is 0.682. The van der Waals surface area contributed by atoms with Crippen molar-refractivity contribution in [1.82, 2.24) is 4.90 Å². The lowest BCUT2D eigenvalue weighted by molar-refractivity contribution is -0.385. The van der Waals surface area contributed by atoms with Crippen LogP contribution in [0, 0.1) is 23.0 Å². The second-order valence-electron chi connectivity index (χ2n) is 5.78. The van der Waals surface area contributed by atoms with Crippen LogP contribution in [0.2, 0.25) is 0 Å². The summed E-state index contributed by atoms with van der Waals surface area (Å²) in [4.78, 5) is 24.8. The molecule has 6 nitrogen and oxygen atoms in total. The first kappa shape index (κ1) is 18.4. The minimum absolute atomic E-state index is 0. The van der Waals surface area contributed by atoms with E-state index in [1.807, 2.05) is 0 Å². The molecule has 2 N–H and O–H groups in total. The molecule has 0 radical (unpaired) electrons. The van der Waals surface area contributed by atoms with Gasteiger partial charge in [0.15, 0.2) is 0 Å². The van der Waals surface area contributed by atoms with E-state index in [0.29, 0.717) is 30.1 Å². The minimum Gasteiger partial charge on any atom is -0.334 e. The molecule has 1 aromatic carbocycles. The van der Waals surface area contributed by atoms with Crippen molar-refractivity contribution in [3.8, 4) is 0 Å². The number of likely N-dealkylation sites (tertiary alicyclic amines) is 1. The van der Waals surface area contributed by atoms with E-state index in [-0.39, 0.29) is 30.0 Å². The third-order valence-electron chi connectivity index (χ3n) is 4.15. The van der Waals surface area contributed by atoms with E-state index in [1.54, 1.807) is 17.9 Å². The van der Waals surface area contributed by atoms with Gasteiger partial charge in [-0.1, -0.05) is 6.92 Å². The molecule has 2 unspecified atom stereocenters. The van der Waals surface area contributed by atoms with Crippen molar-refractivity contribution in [2.24, 2.45) is 11.7 Å². The summed E-state index contributed by atoms with van der Waals surface area (Å²) in [6.07, 6.45) is 1.88. The van der Waals surface area contributed by atoms with Gasteiger partial charge >= 0.3 is 0 Å². The molecule has 1 fully saturated rings. The Labute approximate surface area is 136 Å². The number of nitrogens with zero attached hydrogens (tertiary/aromatic N) is 2. The molecule has 1 saturated heterocycles. The number of amides is 1. The van der Waals surface area contributed by atoms with Gasteiger partial charge in [-0.25, -0.2) is 0 Å². The van der Waals surface area contributed by atoms with Crippen molar-refractivity contribution in [3.05, 3.63) is 39.4 Å². The first-order valence-electron chi connectivity index (χ1n) is 7.20. The van der Waals surface area contributed by atoms with Crippen LogP contribution < -0.4 is 5.73 Å². The van der Waals surface area contributed by atoms with Crippen molar-refractivity contribution in [2.75, 3.05) is 13.1 Å². The monoisotopic (exact) mass is 327 g/mol. The Morgan fingerprint density at radius 1 is 1.50 bits per heavy atom. The summed E-state index contributed by atoms with van der Waals surface area (Å²) in [5.74, 6) is 0.483. The third-order valence-corrected chi connectivity index (χ3v) is 4.15. The summed E-state index contributed by atoms with van der Waals surface area (Å²) in [7, 11) is 0. The predicted octanol–water partition coefficient (Wildman–Crippen LogP) is 2.52. The summed E-state index contributed by atoms with van der Waals surface area (Å²) in [5, 5.41) is 10.8. The number of aryl methyl sites for hydroxylation is 1. The first-order chi connectivity index (χ1) is 9.93. The van der Waals surface area contributed by atoms with Crippen molar-refractivity contribution in [2.45, 2.75) is 32.7 Å². The van der Waals surface area contributed by atoms with Crippen LogP contribution in [0.4, 0.5) is 5.69 Å². The summed E-state index contributed by atoms with van der Waals surface area (Å²) in [5.41, 5.74) is 6.81. The van der Waals surface area contributed by atoms with Crippen LogP contribution in [0.15, 0.2) is 18.2 Å². The highest BCUT2D eigenvalue weighted by molar-refractivity contribution is 5.95. The van der Waals surface area contributed by atoms with Crippen LogP contribution in [0.25, 0.3) is 0 Å². The molecule has 0 aliphatic carbocycles. The highest BCUT2D eigenvalue weighted by Gasteiger charge is 2.30. The first-order valence-corrected chi connectivity index (χ1v) is 7.20. The topological polar surface area (TPSA) is 89.5 Å². The molecule has 1 amide bonds. The van der Waals surface area contributed by atoms with E-state index in [0.717, 1.165) is 12.8 Å². The lowest BCUT2D eigenvalue weighted by Gasteiger charge is -2.38. The number of carbonyl (C=O) groups is 1. The van der Waals surface area contributed by atoms with Crippen molar-refractivity contribution in [1.29, 1.82) is 0 Å². The van der Waals surface area contributed by atoms with Gasteiger partial charge in [0.05, 0.1) is 4.92 Å². The Kier molecular flexibility index (Phi) is 6.32. The maximum atomic E-state index is 12.6. The van der Waals surface area contributed by atoms with Gasteiger partial charge in [-0.05, 0) is 37.8 Å². The standard InChI is InChI=1S/C15H21N3O3.ClH/c1-10-5-6-17(13(7-10)9-16)15(19)12-3-4-14(18(20)21)11(2)8-12;/h3-4,8,10,13H,5-7,9,16H2,1-2H3;1H. The average molecular weight is 328 g/mol. The van der Waals surface area contributed by atoms with Crippen LogP contribution in [-0.2, 0) is 0 Å². The van der Waals surface area contributed by atoms with Gasteiger partial charge in [-0.2, -0.15) is 0 Å². The van der Waals surface area contributed by atoms with Crippen molar-refractivity contribution < 1.29 is 9.72 Å². The number of nitro groups is 1. The largest absolute Gasteiger partial charge is 0.334 e. The SMILES string of the molecule is Cc1cc(C(=O)N2CCC(C)CC2CN)ccc1[N+](=O)[O-].Cl. The van der Waals surface area contributed by atoms with Gasteiger partial charge in [0.2, 0.25) is 0 Å². The van der Waals surface area contributed by atoms with E-state index in [9.17, 15) is 14.9 Å². The molecule has 122 valence electrons. The number of rotatable bonds is 3. The van der Waals surface area contributed by atoms with E-state index in [2.05, 4.69) is 6.92 Å². The highest BCUT2D eigenvalue weighted by Crippen LogP contribution is 2.25. The molecule has 0 spiro atoms. The van der Waals surface area contributed by atoms with Gasteiger partial charge in [0, 0.05) is 36.3 Å². The normalized spacial score (nSPS) is 21.1. The zero-order valence-electron chi connectivity index (χ0n) is 12.8. The van der Waals surface area contributed by atoms with Crippen LogP contribution in [-0.4, -0.2) is 34.9 Å². The second kappa shape index (κ2) is 7.56. The lowest BCUT2D eigenvalue weighted by Crippen LogP contribution is -2.49. The summed E-state index contributed by atoms with van der Waals surface area (Å²) >= 11 is 0. The molecule has 1 aliphatic rings. The molecule has 7 heteroatoms.